The van der Waals surface area contributed by atoms with Gasteiger partial charge in [-0.1, -0.05) is 30.3 Å². The van der Waals surface area contributed by atoms with Crippen LogP contribution in [0, 0.1) is 11.6 Å². The number of aromatic nitrogens is 2. The normalized spacial score (nSPS) is 14.2. The number of rotatable bonds is 8. The number of fused-ring (bicyclic) bond motifs is 1. The molecular formula is C30H26F2N6O3. The number of ketones is 1. The van der Waals surface area contributed by atoms with Crippen LogP contribution in [-0.2, 0) is 6.42 Å². The van der Waals surface area contributed by atoms with Crippen molar-refractivity contribution in [2.45, 2.75) is 12.5 Å². The fourth-order valence-electron chi connectivity index (χ4n) is 4.70. The molecule has 1 atom stereocenters. The predicted molar refractivity (Wildman–Crippen MR) is 151 cm³/mol. The summed E-state index contributed by atoms with van der Waals surface area (Å²) in [4.78, 5) is 21.5. The number of carbonyl (C=O) groups excluding carboxylic acids is 1. The second kappa shape index (κ2) is 11.4. The number of carbonyl (C=O) groups is 1. The summed E-state index contributed by atoms with van der Waals surface area (Å²) in [5, 5.41) is 5.89. The highest BCUT2D eigenvalue weighted by Crippen LogP contribution is 2.37. The molecule has 1 aliphatic rings. The molecule has 0 aliphatic carbocycles. The number of methoxy groups -OCH3 is 2. The van der Waals surface area contributed by atoms with Crippen LogP contribution in [0.15, 0.2) is 78.2 Å². The maximum Gasteiger partial charge on any atom is 0.221 e. The van der Waals surface area contributed by atoms with E-state index in [9.17, 15) is 13.6 Å². The summed E-state index contributed by atoms with van der Waals surface area (Å²) in [5.41, 5.74) is 14.9. The summed E-state index contributed by atoms with van der Waals surface area (Å²) in [5.74, 6) is -0.977. The van der Waals surface area contributed by atoms with Gasteiger partial charge >= 0.3 is 0 Å². The molecule has 2 heterocycles. The Morgan fingerprint density at radius 3 is 2.59 bits per heavy atom. The maximum absolute atomic E-state index is 15.0. The van der Waals surface area contributed by atoms with E-state index in [1.54, 1.807) is 18.3 Å². The van der Waals surface area contributed by atoms with Crippen LogP contribution in [0.3, 0.4) is 0 Å². The Morgan fingerprint density at radius 1 is 1.05 bits per heavy atom. The quantitative estimate of drug-likeness (QED) is 0.237. The zero-order chi connectivity index (χ0) is 29.1. The smallest absolute Gasteiger partial charge is 0.221 e. The SMILES string of the molecule is COc1cc(Cc2cnc(N)nc2N)cc(C(=O)/C=C/N2N=Cc3ccccc3C2c2ccc(F)cc2F)c1OC. The molecular weight excluding hydrogens is 530 g/mol. The molecule has 5 rings (SSSR count). The van der Waals surface area contributed by atoms with E-state index < -0.39 is 23.5 Å². The van der Waals surface area contributed by atoms with E-state index in [0.29, 0.717) is 23.3 Å². The van der Waals surface area contributed by atoms with Gasteiger partial charge in [-0.25, -0.2) is 13.8 Å². The molecule has 41 heavy (non-hydrogen) atoms. The lowest BCUT2D eigenvalue weighted by Crippen LogP contribution is -2.26. The molecule has 0 fully saturated rings. The van der Waals surface area contributed by atoms with Crippen LogP contribution in [0.5, 0.6) is 11.5 Å². The molecule has 3 aromatic carbocycles. The zero-order valence-corrected chi connectivity index (χ0v) is 22.2. The molecule has 0 spiro atoms. The molecule has 1 unspecified atom stereocenters. The lowest BCUT2D eigenvalue weighted by Gasteiger charge is -2.31. The average molecular weight is 557 g/mol. The van der Waals surface area contributed by atoms with E-state index >= 15 is 0 Å². The van der Waals surface area contributed by atoms with E-state index in [1.807, 2.05) is 24.3 Å². The molecule has 0 bridgehead atoms. The first-order valence-electron chi connectivity index (χ1n) is 12.5. The second-order valence-corrected chi connectivity index (χ2v) is 9.20. The first kappa shape index (κ1) is 27.3. The van der Waals surface area contributed by atoms with E-state index in [2.05, 4.69) is 15.1 Å². The number of halogens is 2. The lowest BCUT2D eigenvalue weighted by molar-refractivity contribution is 0.104. The highest BCUT2D eigenvalue weighted by Gasteiger charge is 2.28. The Morgan fingerprint density at radius 2 is 1.85 bits per heavy atom. The highest BCUT2D eigenvalue weighted by atomic mass is 19.1. The number of ether oxygens (including phenoxy) is 2. The summed E-state index contributed by atoms with van der Waals surface area (Å²) < 4.78 is 39.7. The van der Waals surface area contributed by atoms with Crippen molar-refractivity contribution in [1.82, 2.24) is 15.0 Å². The van der Waals surface area contributed by atoms with Gasteiger partial charge in [-0.3, -0.25) is 9.80 Å². The Bertz CT molecular complexity index is 1690. The van der Waals surface area contributed by atoms with Crippen LogP contribution in [0.4, 0.5) is 20.5 Å². The number of hydrogen-bond acceptors (Lipinski definition) is 9. The monoisotopic (exact) mass is 556 g/mol. The van der Waals surface area contributed by atoms with Crippen molar-refractivity contribution in [3.63, 3.8) is 0 Å². The third-order valence-corrected chi connectivity index (χ3v) is 6.64. The van der Waals surface area contributed by atoms with E-state index in [0.717, 1.165) is 17.2 Å². The van der Waals surface area contributed by atoms with Crippen molar-refractivity contribution in [2.75, 3.05) is 25.7 Å². The van der Waals surface area contributed by atoms with Crippen molar-refractivity contribution < 1.29 is 23.0 Å². The van der Waals surface area contributed by atoms with Gasteiger partial charge in [0.2, 0.25) is 5.95 Å². The second-order valence-electron chi connectivity index (χ2n) is 9.20. The molecule has 11 heteroatoms. The first-order valence-corrected chi connectivity index (χ1v) is 12.5. The Kier molecular flexibility index (Phi) is 7.59. The molecule has 4 N–H and O–H groups in total. The van der Waals surface area contributed by atoms with E-state index in [4.69, 9.17) is 20.9 Å². The standard InChI is InChI=1S/C30H26F2N6O3/c1-40-26-13-17(11-19-15-35-30(34)37-29(19)33)12-23(28(26)41-2)25(39)9-10-38-27(22-8-7-20(31)14-24(22)32)21-6-4-3-5-18(21)16-36-38/h3-10,12-16,27H,11H2,1-2H3,(H4,33,34,35,37)/b10-9+. The zero-order valence-electron chi connectivity index (χ0n) is 22.2. The van der Waals surface area contributed by atoms with Crippen LogP contribution in [0.25, 0.3) is 0 Å². The summed E-state index contributed by atoms with van der Waals surface area (Å²) in [7, 11) is 2.90. The Hall–Kier alpha value is -5.32. The minimum atomic E-state index is -0.739. The summed E-state index contributed by atoms with van der Waals surface area (Å²) >= 11 is 0. The fourth-order valence-corrected chi connectivity index (χ4v) is 4.70. The minimum Gasteiger partial charge on any atom is -0.493 e. The third kappa shape index (κ3) is 5.55. The van der Waals surface area contributed by atoms with Crippen molar-refractivity contribution in [2.24, 2.45) is 5.10 Å². The van der Waals surface area contributed by atoms with Crippen LogP contribution in [0.1, 0.15) is 44.2 Å². The Balaban J connectivity index is 1.51. The van der Waals surface area contributed by atoms with Crippen LogP contribution < -0.4 is 20.9 Å². The summed E-state index contributed by atoms with van der Waals surface area (Å²) in [6.45, 7) is 0. The third-order valence-electron chi connectivity index (χ3n) is 6.64. The van der Waals surface area contributed by atoms with Gasteiger partial charge in [0.25, 0.3) is 0 Å². The van der Waals surface area contributed by atoms with Gasteiger partial charge in [-0.2, -0.15) is 10.1 Å². The van der Waals surface area contributed by atoms with Crippen molar-refractivity contribution in [3.8, 4) is 11.5 Å². The first-order chi connectivity index (χ1) is 19.8. The molecule has 208 valence electrons. The average Bonchev–Trinajstić information content (AvgIpc) is 2.96. The number of anilines is 2. The summed E-state index contributed by atoms with van der Waals surface area (Å²) in [6, 6.07) is 13.4. The van der Waals surface area contributed by atoms with Gasteiger partial charge in [0.05, 0.1) is 26.0 Å². The maximum atomic E-state index is 15.0. The summed E-state index contributed by atoms with van der Waals surface area (Å²) in [6.07, 6.45) is 6.20. The number of benzene rings is 3. The van der Waals surface area contributed by atoms with Gasteiger partial charge in [0.15, 0.2) is 17.3 Å². The molecule has 0 amide bonds. The fraction of sp³-hybridized carbons (Fsp3) is 0.133. The minimum absolute atomic E-state index is 0.0568. The molecule has 0 radical (unpaired) electrons. The Labute approximate surface area is 234 Å². The van der Waals surface area contributed by atoms with Crippen LogP contribution in [-0.4, -0.2) is 41.2 Å². The van der Waals surface area contributed by atoms with Crippen molar-refractivity contribution >= 4 is 23.8 Å². The van der Waals surface area contributed by atoms with Crippen molar-refractivity contribution in [1.29, 1.82) is 0 Å². The predicted octanol–water partition coefficient (Wildman–Crippen LogP) is 4.66. The van der Waals surface area contributed by atoms with Gasteiger partial charge in [0.1, 0.15) is 23.5 Å². The van der Waals surface area contributed by atoms with Gasteiger partial charge in [-0.15, -0.1) is 0 Å². The molecule has 0 saturated heterocycles. The van der Waals surface area contributed by atoms with Gasteiger partial charge < -0.3 is 20.9 Å². The largest absolute Gasteiger partial charge is 0.493 e. The number of nitrogen functional groups attached to an aromatic ring is 2. The number of nitrogens with zero attached hydrogens (tertiary/aromatic N) is 4. The lowest BCUT2D eigenvalue weighted by atomic mass is 9.93. The number of hydrogen-bond donors (Lipinski definition) is 2. The number of allylic oxidation sites excluding steroid dienone is 1. The van der Waals surface area contributed by atoms with Crippen molar-refractivity contribution in [3.05, 3.63) is 118 Å². The molecule has 9 nitrogen and oxygen atoms in total. The molecule has 0 saturated carbocycles. The highest BCUT2D eigenvalue weighted by molar-refractivity contribution is 6.07. The number of hydrazone groups is 1. The van der Waals surface area contributed by atoms with Crippen LogP contribution >= 0.6 is 0 Å². The van der Waals surface area contributed by atoms with E-state index in [-0.39, 0.29) is 28.6 Å². The van der Waals surface area contributed by atoms with Gasteiger partial charge in [-0.05, 0) is 29.3 Å². The van der Waals surface area contributed by atoms with E-state index in [1.165, 1.54) is 49.8 Å². The molecule has 1 aliphatic heterocycles. The van der Waals surface area contributed by atoms with Crippen LogP contribution in [0.2, 0.25) is 0 Å². The van der Waals surface area contributed by atoms with Gasteiger partial charge in [0, 0.05) is 47.7 Å². The number of nitrogens with two attached hydrogens (primary N) is 2. The molecule has 1 aromatic heterocycles. The topological polar surface area (TPSA) is 129 Å². The molecule has 4 aromatic rings.